The minimum absolute atomic E-state index is 0.231. The Morgan fingerprint density at radius 1 is 1.39 bits per heavy atom. The summed E-state index contributed by atoms with van der Waals surface area (Å²) in [5, 5.41) is 18.9. The van der Waals surface area contributed by atoms with Crippen molar-refractivity contribution in [2.75, 3.05) is 6.61 Å². The first-order valence-corrected chi connectivity index (χ1v) is 11.1. The molecular formula is C25H38O3. The maximum Gasteiger partial charge on any atom is 0.330 e. The number of carboxylic acid groups (broad SMARTS) is 1. The van der Waals surface area contributed by atoms with Crippen molar-refractivity contribution in [2.45, 2.75) is 79.1 Å². The summed E-state index contributed by atoms with van der Waals surface area (Å²) in [5.41, 5.74) is 5.17. The van der Waals surface area contributed by atoms with Crippen molar-refractivity contribution < 1.29 is 15.0 Å². The zero-order chi connectivity index (χ0) is 20.5. The molecule has 5 unspecified atom stereocenters. The number of aliphatic carboxylic acids is 1. The smallest absolute Gasteiger partial charge is 0.330 e. The Morgan fingerprint density at radius 3 is 2.82 bits per heavy atom. The lowest BCUT2D eigenvalue weighted by atomic mass is 9.65. The Hall–Kier alpha value is -1.35. The highest BCUT2D eigenvalue weighted by Gasteiger charge is 2.48. The summed E-state index contributed by atoms with van der Waals surface area (Å²) in [5.74, 6) is 1.78. The van der Waals surface area contributed by atoms with Gasteiger partial charge in [0.1, 0.15) is 0 Å². The molecule has 1 saturated carbocycles. The molecule has 0 aromatic heterocycles. The van der Waals surface area contributed by atoms with E-state index in [2.05, 4.69) is 26.8 Å². The van der Waals surface area contributed by atoms with Gasteiger partial charge in [0, 0.05) is 11.5 Å². The quantitative estimate of drug-likeness (QED) is 0.441. The summed E-state index contributed by atoms with van der Waals surface area (Å²) in [6.45, 7) is 9.07. The molecule has 28 heavy (non-hydrogen) atoms. The number of aliphatic hydroxyl groups excluding tert-OH is 1. The number of rotatable bonds is 6. The summed E-state index contributed by atoms with van der Waals surface area (Å²) >= 11 is 0. The first-order valence-electron chi connectivity index (χ1n) is 11.1. The number of hydrogen-bond donors (Lipinski definition) is 2. The van der Waals surface area contributed by atoms with Crippen LogP contribution in [0.2, 0.25) is 0 Å². The second-order valence-corrected chi connectivity index (χ2v) is 9.95. The number of carboxylic acids is 1. The minimum Gasteiger partial charge on any atom is -0.478 e. The zero-order valence-corrected chi connectivity index (χ0v) is 18.1. The molecule has 3 rings (SSSR count). The van der Waals surface area contributed by atoms with Gasteiger partial charge in [0.2, 0.25) is 0 Å². The lowest BCUT2D eigenvalue weighted by molar-refractivity contribution is -0.132. The van der Waals surface area contributed by atoms with Crippen LogP contribution in [0.15, 0.2) is 34.4 Å². The van der Waals surface area contributed by atoms with Crippen molar-refractivity contribution in [3.8, 4) is 0 Å². The molecule has 0 spiro atoms. The summed E-state index contributed by atoms with van der Waals surface area (Å²) < 4.78 is 0. The van der Waals surface area contributed by atoms with E-state index in [0.29, 0.717) is 34.7 Å². The summed E-state index contributed by atoms with van der Waals surface area (Å²) in [7, 11) is 0. The third kappa shape index (κ3) is 4.15. The normalized spacial score (nSPS) is 34.4. The van der Waals surface area contributed by atoms with Gasteiger partial charge in [0.05, 0.1) is 6.61 Å². The Morgan fingerprint density at radius 2 is 2.14 bits per heavy atom. The van der Waals surface area contributed by atoms with Crippen LogP contribution >= 0.6 is 0 Å². The first kappa shape index (κ1) is 21.4. The van der Waals surface area contributed by atoms with Gasteiger partial charge in [0.15, 0.2) is 0 Å². The largest absolute Gasteiger partial charge is 0.478 e. The van der Waals surface area contributed by atoms with Gasteiger partial charge in [0.25, 0.3) is 0 Å². The van der Waals surface area contributed by atoms with Crippen molar-refractivity contribution in [1.82, 2.24) is 0 Å². The maximum absolute atomic E-state index is 11.0. The summed E-state index contributed by atoms with van der Waals surface area (Å²) in [6, 6.07) is 0. The van der Waals surface area contributed by atoms with E-state index in [1.165, 1.54) is 36.8 Å². The fraction of sp³-hybridized carbons (Fsp3) is 0.720. The average Bonchev–Trinajstić information content (AvgIpc) is 3.19. The summed E-state index contributed by atoms with van der Waals surface area (Å²) in [4.78, 5) is 11.0. The first-order chi connectivity index (χ1) is 13.3. The van der Waals surface area contributed by atoms with E-state index in [1.54, 1.807) is 12.5 Å². The van der Waals surface area contributed by atoms with Crippen molar-refractivity contribution in [3.63, 3.8) is 0 Å². The summed E-state index contributed by atoms with van der Waals surface area (Å²) in [6.07, 6.45) is 13.5. The second kappa shape index (κ2) is 8.57. The molecule has 0 bridgehead atoms. The van der Waals surface area contributed by atoms with Crippen molar-refractivity contribution in [1.29, 1.82) is 0 Å². The number of hydrogen-bond acceptors (Lipinski definition) is 2. The molecule has 0 aromatic rings. The van der Waals surface area contributed by atoms with Gasteiger partial charge in [-0.1, -0.05) is 37.1 Å². The molecule has 0 heterocycles. The fourth-order valence-electron chi connectivity index (χ4n) is 6.35. The lowest BCUT2D eigenvalue weighted by Crippen LogP contribution is -2.30. The fourth-order valence-corrected chi connectivity index (χ4v) is 6.35. The molecule has 3 nitrogen and oxygen atoms in total. The standard InChI is InChI=1S/C25H38O3/c1-16(6-5-7-18(3)24(27)28)21-12-13-25(4)14-22-19(15-26)9-10-20(22)17(2)8-11-23(21)25/h7-8,16,20-21,23,26H,5-6,9-15H2,1-4H3,(H,27,28). The molecule has 156 valence electrons. The second-order valence-electron chi connectivity index (χ2n) is 9.95. The van der Waals surface area contributed by atoms with E-state index in [0.717, 1.165) is 25.7 Å². The highest BCUT2D eigenvalue weighted by atomic mass is 16.4. The number of aliphatic hydroxyl groups is 1. The van der Waals surface area contributed by atoms with E-state index in [-0.39, 0.29) is 6.61 Å². The Balaban J connectivity index is 1.76. The van der Waals surface area contributed by atoms with Gasteiger partial charge >= 0.3 is 5.97 Å². The van der Waals surface area contributed by atoms with Gasteiger partial charge < -0.3 is 10.2 Å². The molecule has 3 aliphatic rings. The van der Waals surface area contributed by atoms with Crippen LogP contribution in [0.5, 0.6) is 0 Å². The molecular weight excluding hydrogens is 348 g/mol. The lowest BCUT2D eigenvalue weighted by Gasteiger charge is -2.39. The SMILES string of the molecule is CC(=CCCC(C)C1CCC2(C)CC3=C(CO)CCC3C(C)=CCC12)C(=O)O. The Bertz CT molecular complexity index is 699. The van der Waals surface area contributed by atoms with Crippen LogP contribution in [0.1, 0.15) is 79.1 Å². The van der Waals surface area contributed by atoms with Crippen molar-refractivity contribution >= 4 is 5.97 Å². The van der Waals surface area contributed by atoms with Crippen LogP contribution in [0, 0.1) is 29.1 Å². The molecule has 3 aliphatic carbocycles. The topological polar surface area (TPSA) is 57.5 Å². The predicted molar refractivity (Wildman–Crippen MR) is 114 cm³/mol. The molecule has 3 heteroatoms. The third-order valence-electron chi connectivity index (χ3n) is 8.24. The van der Waals surface area contributed by atoms with Crippen LogP contribution in [-0.4, -0.2) is 22.8 Å². The molecule has 2 N–H and O–H groups in total. The average molecular weight is 387 g/mol. The van der Waals surface area contributed by atoms with Crippen LogP contribution in [0.25, 0.3) is 0 Å². The van der Waals surface area contributed by atoms with Gasteiger partial charge in [-0.3, -0.25) is 0 Å². The maximum atomic E-state index is 11.0. The van der Waals surface area contributed by atoms with Gasteiger partial charge in [-0.15, -0.1) is 0 Å². The van der Waals surface area contributed by atoms with Crippen LogP contribution < -0.4 is 0 Å². The monoisotopic (exact) mass is 386 g/mol. The van der Waals surface area contributed by atoms with Crippen LogP contribution in [-0.2, 0) is 4.79 Å². The van der Waals surface area contributed by atoms with Crippen LogP contribution in [0.3, 0.4) is 0 Å². The van der Waals surface area contributed by atoms with E-state index in [4.69, 9.17) is 5.11 Å². The van der Waals surface area contributed by atoms with Gasteiger partial charge in [-0.25, -0.2) is 4.79 Å². The highest BCUT2D eigenvalue weighted by molar-refractivity contribution is 5.85. The molecule has 0 amide bonds. The van der Waals surface area contributed by atoms with Gasteiger partial charge in [-0.05, 0) is 94.0 Å². The van der Waals surface area contributed by atoms with E-state index >= 15 is 0 Å². The van der Waals surface area contributed by atoms with Gasteiger partial charge in [-0.2, -0.15) is 0 Å². The Labute approximate surface area is 170 Å². The van der Waals surface area contributed by atoms with Crippen molar-refractivity contribution in [2.24, 2.45) is 29.1 Å². The molecule has 5 atom stereocenters. The number of carbonyl (C=O) groups is 1. The highest BCUT2D eigenvalue weighted by Crippen LogP contribution is 2.58. The number of allylic oxidation sites excluding steroid dienone is 4. The van der Waals surface area contributed by atoms with E-state index < -0.39 is 5.97 Å². The minimum atomic E-state index is -0.805. The number of fused-ring (bicyclic) bond motifs is 2. The molecule has 0 radical (unpaired) electrons. The zero-order valence-electron chi connectivity index (χ0n) is 18.1. The van der Waals surface area contributed by atoms with Crippen LogP contribution in [0.4, 0.5) is 0 Å². The van der Waals surface area contributed by atoms with Crippen molar-refractivity contribution in [3.05, 3.63) is 34.4 Å². The van der Waals surface area contributed by atoms with E-state index in [9.17, 15) is 9.90 Å². The molecule has 0 aromatic carbocycles. The predicted octanol–water partition coefficient (Wildman–Crippen LogP) is 5.91. The Kier molecular flexibility index (Phi) is 6.54. The third-order valence-corrected chi connectivity index (χ3v) is 8.24. The molecule has 0 saturated heterocycles. The van der Waals surface area contributed by atoms with E-state index in [1.807, 2.05) is 6.08 Å². The molecule has 0 aliphatic heterocycles. The molecule has 1 fully saturated rings.